The molecule has 0 saturated heterocycles. The highest BCUT2D eigenvalue weighted by Crippen LogP contribution is 2.44. The van der Waals surface area contributed by atoms with Crippen molar-refractivity contribution < 1.29 is 14.6 Å². The number of hydrogen-bond acceptors (Lipinski definition) is 4. The number of methoxy groups -OCH3 is 2. The maximum absolute atomic E-state index is 10.1. The maximum atomic E-state index is 10.1. The lowest BCUT2D eigenvalue weighted by Crippen LogP contribution is -2.39. The van der Waals surface area contributed by atoms with E-state index in [1.165, 1.54) is 22.2 Å². The van der Waals surface area contributed by atoms with Gasteiger partial charge in [0, 0.05) is 41.3 Å². The number of fused-ring (bicyclic) bond motifs is 6. The van der Waals surface area contributed by atoms with Crippen LogP contribution in [0.5, 0.6) is 17.2 Å². The molecule has 0 aliphatic carbocycles. The number of nitrogens with zero attached hydrogens (tertiary/aromatic N) is 1. The van der Waals surface area contributed by atoms with E-state index in [0.717, 1.165) is 42.8 Å². The van der Waals surface area contributed by atoms with Crippen LogP contribution in [0, 0.1) is 0 Å². The van der Waals surface area contributed by atoms with Crippen molar-refractivity contribution in [3.8, 4) is 17.2 Å². The number of aromatic hydroxyl groups is 1. The second-order valence-electron chi connectivity index (χ2n) is 7.12. The van der Waals surface area contributed by atoms with Crippen molar-refractivity contribution in [2.45, 2.75) is 25.4 Å². The summed E-state index contributed by atoms with van der Waals surface area (Å²) in [7, 11) is 3.33. The van der Waals surface area contributed by atoms with E-state index in [1.54, 1.807) is 20.3 Å². The van der Waals surface area contributed by atoms with Crippen molar-refractivity contribution in [1.82, 2.24) is 9.88 Å². The fourth-order valence-electron chi connectivity index (χ4n) is 4.61. The number of phenolic OH excluding ortho intramolecular Hbond substituents is 1. The summed E-state index contributed by atoms with van der Waals surface area (Å²) in [6, 6.07) is 10.4. The molecule has 5 rings (SSSR count). The van der Waals surface area contributed by atoms with Gasteiger partial charge in [0.2, 0.25) is 0 Å². The summed E-state index contributed by atoms with van der Waals surface area (Å²) >= 11 is 0. The molecule has 2 aromatic carbocycles. The Morgan fingerprint density at radius 1 is 1.12 bits per heavy atom. The van der Waals surface area contributed by atoms with Gasteiger partial charge >= 0.3 is 0 Å². The van der Waals surface area contributed by atoms with Crippen LogP contribution < -0.4 is 9.47 Å². The van der Waals surface area contributed by atoms with Crippen molar-refractivity contribution in [3.05, 3.63) is 52.7 Å². The summed E-state index contributed by atoms with van der Waals surface area (Å²) in [4.78, 5) is 6.14. The van der Waals surface area contributed by atoms with E-state index in [1.807, 2.05) is 12.1 Å². The first-order chi connectivity index (χ1) is 12.7. The zero-order chi connectivity index (χ0) is 17.8. The third-order valence-corrected chi connectivity index (χ3v) is 5.88. The Hall–Kier alpha value is -2.66. The quantitative estimate of drug-likeness (QED) is 0.742. The van der Waals surface area contributed by atoms with E-state index in [9.17, 15) is 5.11 Å². The van der Waals surface area contributed by atoms with Gasteiger partial charge in [0.05, 0.1) is 20.3 Å². The van der Waals surface area contributed by atoms with Gasteiger partial charge in [-0.3, -0.25) is 4.90 Å². The standard InChI is InChI=1S/C21H22N2O3/c1-25-13-4-5-14-15-7-8-23-11-16-12(3-6-19(24)21(16)26-2)9-18(23)20(15)22-17(14)10-13/h3-6,10,18,22,24H,7-9,11H2,1-2H3/t18-/m0/s1. The first-order valence-electron chi connectivity index (χ1n) is 9.00. The molecule has 0 fully saturated rings. The first kappa shape index (κ1) is 15.6. The van der Waals surface area contributed by atoms with E-state index in [0.29, 0.717) is 11.8 Å². The smallest absolute Gasteiger partial charge is 0.165 e. The second kappa shape index (κ2) is 5.68. The van der Waals surface area contributed by atoms with Crippen LogP contribution in [0.2, 0.25) is 0 Å². The number of nitrogens with one attached hydrogen (secondary N) is 1. The average molecular weight is 350 g/mol. The minimum atomic E-state index is 0.222. The largest absolute Gasteiger partial charge is 0.504 e. The second-order valence-corrected chi connectivity index (χ2v) is 7.12. The molecular weight excluding hydrogens is 328 g/mol. The molecule has 3 aromatic rings. The lowest BCUT2D eigenvalue weighted by atomic mass is 9.86. The summed E-state index contributed by atoms with van der Waals surface area (Å²) < 4.78 is 10.8. The van der Waals surface area contributed by atoms with Gasteiger partial charge in [0.15, 0.2) is 11.5 Å². The average Bonchev–Trinajstić information content (AvgIpc) is 3.04. The third-order valence-electron chi connectivity index (χ3n) is 5.88. The van der Waals surface area contributed by atoms with Gasteiger partial charge in [-0.05, 0) is 42.2 Å². The number of aromatic nitrogens is 1. The molecule has 0 radical (unpaired) electrons. The molecule has 3 heterocycles. The van der Waals surface area contributed by atoms with Crippen LogP contribution in [0.25, 0.3) is 10.9 Å². The summed E-state index contributed by atoms with van der Waals surface area (Å²) in [5.74, 6) is 1.72. The Labute approximate surface area is 152 Å². The number of aromatic amines is 1. The highest BCUT2D eigenvalue weighted by atomic mass is 16.5. The minimum Gasteiger partial charge on any atom is -0.504 e. The molecule has 5 heteroatoms. The number of rotatable bonds is 2. The fraction of sp³-hybridized carbons (Fsp3) is 0.333. The summed E-state index contributed by atoms with van der Waals surface area (Å²) in [5, 5.41) is 11.4. The number of benzene rings is 2. The van der Waals surface area contributed by atoms with Crippen LogP contribution >= 0.6 is 0 Å². The van der Waals surface area contributed by atoms with Crippen molar-refractivity contribution in [1.29, 1.82) is 0 Å². The fourth-order valence-corrected chi connectivity index (χ4v) is 4.61. The Morgan fingerprint density at radius 3 is 2.81 bits per heavy atom. The van der Waals surface area contributed by atoms with Crippen LogP contribution in [0.15, 0.2) is 30.3 Å². The van der Waals surface area contributed by atoms with E-state index in [2.05, 4.69) is 22.0 Å². The van der Waals surface area contributed by atoms with Gasteiger partial charge in [0.25, 0.3) is 0 Å². The molecule has 134 valence electrons. The SMILES string of the molecule is COc1ccc2c3c([nH]c2c1)[C@@H]1Cc2ccc(O)c(OC)c2CN1CC3. The van der Waals surface area contributed by atoms with E-state index in [-0.39, 0.29) is 5.75 Å². The highest BCUT2D eigenvalue weighted by molar-refractivity contribution is 5.86. The Kier molecular flexibility index (Phi) is 3.40. The topological polar surface area (TPSA) is 57.7 Å². The van der Waals surface area contributed by atoms with E-state index < -0.39 is 0 Å². The Bertz CT molecular complexity index is 1010. The van der Waals surface area contributed by atoms with Crippen LogP contribution in [-0.2, 0) is 19.4 Å². The Morgan fingerprint density at radius 2 is 2.00 bits per heavy atom. The number of ether oxygens (including phenoxy) is 2. The van der Waals surface area contributed by atoms with Crippen LogP contribution in [0.1, 0.15) is 28.4 Å². The zero-order valence-corrected chi connectivity index (χ0v) is 15.0. The highest BCUT2D eigenvalue weighted by Gasteiger charge is 2.35. The number of H-pyrrole nitrogens is 1. The molecule has 0 saturated carbocycles. The van der Waals surface area contributed by atoms with Gasteiger partial charge in [0.1, 0.15) is 5.75 Å². The minimum absolute atomic E-state index is 0.222. The zero-order valence-electron chi connectivity index (χ0n) is 15.0. The third kappa shape index (κ3) is 2.13. The molecule has 0 unspecified atom stereocenters. The van der Waals surface area contributed by atoms with Gasteiger partial charge in [-0.15, -0.1) is 0 Å². The predicted octanol–water partition coefficient (Wildman–Crippen LogP) is 3.55. The molecule has 26 heavy (non-hydrogen) atoms. The normalized spacial score (nSPS) is 18.9. The monoisotopic (exact) mass is 350 g/mol. The first-order valence-corrected chi connectivity index (χ1v) is 9.00. The van der Waals surface area contributed by atoms with Gasteiger partial charge in [-0.2, -0.15) is 0 Å². The summed E-state index contributed by atoms with van der Waals surface area (Å²) in [6.07, 6.45) is 1.94. The lowest BCUT2D eigenvalue weighted by Gasteiger charge is -2.40. The molecule has 0 amide bonds. The molecule has 0 bridgehead atoms. The summed E-state index contributed by atoms with van der Waals surface area (Å²) in [6.45, 7) is 1.81. The number of hydrogen-bond donors (Lipinski definition) is 2. The summed E-state index contributed by atoms with van der Waals surface area (Å²) in [5.41, 5.74) is 6.26. The molecular formula is C21H22N2O3. The van der Waals surface area contributed by atoms with Gasteiger partial charge in [-0.25, -0.2) is 0 Å². The molecule has 1 aromatic heterocycles. The van der Waals surface area contributed by atoms with Crippen LogP contribution in [0.3, 0.4) is 0 Å². The Balaban J connectivity index is 1.61. The van der Waals surface area contributed by atoms with Crippen molar-refractivity contribution in [2.24, 2.45) is 0 Å². The van der Waals surface area contributed by atoms with Crippen molar-refractivity contribution in [2.75, 3.05) is 20.8 Å². The molecule has 1 atom stereocenters. The maximum Gasteiger partial charge on any atom is 0.165 e. The predicted molar refractivity (Wildman–Crippen MR) is 100 cm³/mol. The van der Waals surface area contributed by atoms with E-state index in [4.69, 9.17) is 9.47 Å². The van der Waals surface area contributed by atoms with Crippen molar-refractivity contribution in [3.63, 3.8) is 0 Å². The van der Waals surface area contributed by atoms with Gasteiger partial charge in [-0.1, -0.05) is 6.07 Å². The molecule has 2 N–H and O–H groups in total. The van der Waals surface area contributed by atoms with E-state index >= 15 is 0 Å². The molecule has 0 spiro atoms. The lowest BCUT2D eigenvalue weighted by molar-refractivity contribution is 0.155. The van der Waals surface area contributed by atoms with Gasteiger partial charge < -0.3 is 19.6 Å². The molecule has 5 nitrogen and oxygen atoms in total. The van der Waals surface area contributed by atoms with Crippen LogP contribution in [-0.4, -0.2) is 35.8 Å². The molecule has 2 aliphatic heterocycles. The number of phenols is 1. The van der Waals surface area contributed by atoms with Crippen molar-refractivity contribution >= 4 is 10.9 Å². The van der Waals surface area contributed by atoms with Crippen LogP contribution in [0.4, 0.5) is 0 Å². The molecule has 2 aliphatic rings.